The summed E-state index contributed by atoms with van der Waals surface area (Å²) >= 11 is 0. The summed E-state index contributed by atoms with van der Waals surface area (Å²) in [6, 6.07) is 10.2. The van der Waals surface area contributed by atoms with E-state index in [0.29, 0.717) is 32.6 Å². The van der Waals surface area contributed by atoms with E-state index in [-0.39, 0.29) is 17.4 Å². The molecule has 3 aliphatic heterocycles. The van der Waals surface area contributed by atoms with E-state index in [9.17, 15) is 14.4 Å². The molecule has 0 N–H and O–H groups in total. The highest BCUT2D eigenvalue weighted by molar-refractivity contribution is 6.35. The Bertz CT molecular complexity index is 727. The Hall–Kier alpha value is -2.37. The van der Waals surface area contributed by atoms with Crippen molar-refractivity contribution >= 4 is 17.7 Å². The van der Waals surface area contributed by atoms with Gasteiger partial charge in [-0.1, -0.05) is 37.3 Å². The molecular weight excluding hydrogens is 330 g/mol. The second-order valence-electron chi connectivity index (χ2n) is 7.97. The number of hydrogen-bond acceptors (Lipinski definition) is 3. The monoisotopic (exact) mass is 355 g/mol. The Kier molecular flexibility index (Phi) is 4.21. The number of carbonyl (C=O) groups is 3. The highest BCUT2D eigenvalue weighted by atomic mass is 16.2. The van der Waals surface area contributed by atoms with E-state index in [4.69, 9.17) is 0 Å². The highest BCUT2D eigenvalue weighted by Crippen LogP contribution is 2.34. The summed E-state index contributed by atoms with van der Waals surface area (Å²) < 4.78 is 0. The maximum atomic E-state index is 12.6. The predicted octanol–water partition coefficient (Wildman–Crippen LogP) is 1.01. The molecule has 1 aromatic rings. The standard InChI is InChI=1S/C20H25N3O3/c1-20(15-6-3-2-4-7-15)13-22(14-20)19(26)18(25)21-11-9-16(12-21)23-10-5-8-17(23)24/h2-4,6-7,16H,5,8-14H2,1H3. The lowest BCUT2D eigenvalue weighted by Gasteiger charge is -2.48. The number of likely N-dealkylation sites (tertiary alicyclic amines) is 3. The Morgan fingerprint density at radius 1 is 1.04 bits per heavy atom. The lowest BCUT2D eigenvalue weighted by atomic mass is 9.75. The van der Waals surface area contributed by atoms with E-state index in [1.54, 1.807) is 9.80 Å². The second-order valence-corrected chi connectivity index (χ2v) is 7.97. The van der Waals surface area contributed by atoms with Crippen LogP contribution in [0.2, 0.25) is 0 Å². The Morgan fingerprint density at radius 3 is 2.38 bits per heavy atom. The quantitative estimate of drug-likeness (QED) is 0.744. The van der Waals surface area contributed by atoms with Crippen molar-refractivity contribution in [3.63, 3.8) is 0 Å². The van der Waals surface area contributed by atoms with E-state index in [2.05, 4.69) is 19.1 Å². The number of amides is 3. The summed E-state index contributed by atoms with van der Waals surface area (Å²) in [5, 5.41) is 0. The summed E-state index contributed by atoms with van der Waals surface area (Å²) in [6.07, 6.45) is 2.27. The summed E-state index contributed by atoms with van der Waals surface area (Å²) in [5.41, 5.74) is 1.12. The maximum absolute atomic E-state index is 12.6. The van der Waals surface area contributed by atoms with Crippen LogP contribution in [0.1, 0.15) is 31.7 Å². The first-order chi connectivity index (χ1) is 12.5. The molecule has 1 aromatic carbocycles. The fourth-order valence-electron chi connectivity index (χ4n) is 4.47. The zero-order valence-corrected chi connectivity index (χ0v) is 15.2. The summed E-state index contributed by atoms with van der Waals surface area (Å²) in [4.78, 5) is 42.2. The molecule has 4 rings (SSSR count). The SMILES string of the molecule is CC1(c2ccccc2)CN(C(=O)C(=O)N2CCC(N3CCCC3=O)C2)C1. The van der Waals surface area contributed by atoms with Gasteiger partial charge in [-0.3, -0.25) is 14.4 Å². The van der Waals surface area contributed by atoms with Crippen LogP contribution in [0.5, 0.6) is 0 Å². The average molecular weight is 355 g/mol. The first kappa shape index (κ1) is 17.1. The van der Waals surface area contributed by atoms with Crippen molar-refractivity contribution in [2.45, 2.75) is 37.6 Å². The van der Waals surface area contributed by atoms with Crippen LogP contribution in [0.25, 0.3) is 0 Å². The number of benzene rings is 1. The minimum Gasteiger partial charge on any atom is -0.338 e. The summed E-state index contributed by atoms with van der Waals surface area (Å²) in [6.45, 7) is 5.10. The molecule has 1 unspecified atom stereocenters. The molecule has 0 radical (unpaired) electrons. The van der Waals surface area contributed by atoms with Gasteiger partial charge < -0.3 is 14.7 Å². The van der Waals surface area contributed by atoms with Crippen LogP contribution in [0.4, 0.5) is 0 Å². The molecule has 0 aromatic heterocycles. The fourth-order valence-corrected chi connectivity index (χ4v) is 4.47. The first-order valence-corrected chi connectivity index (χ1v) is 9.41. The van der Waals surface area contributed by atoms with E-state index in [0.717, 1.165) is 19.4 Å². The van der Waals surface area contributed by atoms with Crippen LogP contribution in [0, 0.1) is 0 Å². The molecule has 0 saturated carbocycles. The van der Waals surface area contributed by atoms with Crippen LogP contribution in [-0.4, -0.2) is 71.2 Å². The van der Waals surface area contributed by atoms with Crippen molar-refractivity contribution in [2.24, 2.45) is 0 Å². The minimum absolute atomic E-state index is 0.0766. The third kappa shape index (κ3) is 2.87. The molecule has 3 heterocycles. The third-order valence-corrected chi connectivity index (χ3v) is 6.02. The zero-order chi connectivity index (χ0) is 18.3. The summed E-state index contributed by atoms with van der Waals surface area (Å²) in [5.74, 6) is -0.655. The van der Waals surface area contributed by atoms with E-state index in [1.165, 1.54) is 5.56 Å². The lowest BCUT2D eigenvalue weighted by Crippen LogP contribution is -2.62. The van der Waals surface area contributed by atoms with E-state index >= 15 is 0 Å². The van der Waals surface area contributed by atoms with Crippen molar-refractivity contribution in [1.82, 2.24) is 14.7 Å². The van der Waals surface area contributed by atoms with Crippen molar-refractivity contribution in [2.75, 3.05) is 32.7 Å². The first-order valence-electron chi connectivity index (χ1n) is 9.41. The Morgan fingerprint density at radius 2 is 1.73 bits per heavy atom. The van der Waals surface area contributed by atoms with Gasteiger partial charge in [-0.2, -0.15) is 0 Å². The highest BCUT2D eigenvalue weighted by Gasteiger charge is 2.46. The normalized spacial score (nSPS) is 24.7. The average Bonchev–Trinajstić information content (AvgIpc) is 3.27. The molecule has 3 saturated heterocycles. The van der Waals surface area contributed by atoms with Crippen molar-refractivity contribution in [1.29, 1.82) is 0 Å². The van der Waals surface area contributed by atoms with Gasteiger partial charge in [0.1, 0.15) is 0 Å². The van der Waals surface area contributed by atoms with E-state index < -0.39 is 11.8 Å². The number of carbonyl (C=O) groups excluding carboxylic acids is 3. The maximum Gasteiger partial charge on any atom is 0.312 e. The number of hydrogen-bond donors (Lipinski definition) is 0. The van der Waals surface area contributed by atoms with Crippen LogP contribution >= 0.6 is 0 Å². The Balaban J connectivity index is 1.33. The van der Waals surface area contributed by atoms with Crippen molar-refractivity contribution in [3.05, 3.63) is 35.9 Å². The largest absolute Gasteiger partial charge is 0.338 e. The molecule has 3 amide bonds. The van der Waals surface area contributed by atoms with Gasteiger partial charge in [0, 0.05) is 44.6 Å². The van der Waals surface area contributed by atoms with Gasteiger partial charge >= 0.3 is 11.8 Å². The number of nitrogens with zero attached hydrogens (tertiary/aromatic N) is 3. The molecular formula is C20H25N3O3. The molecule has 0 spiro atoms. The Labute approximate surface area is 153 Å². The van der Waals surface area contributed by atoms with Crippen molar-refractivity contribution in [3.8, 4) is 0 Å². The van der Waals surface area contributed by atoms with Crippen LogP contribution in [0.15, 0.2) is 30.3 Å². The van der Waals surface area contributed by atoms with Gasteiger partial charge in [-0.15, -0.1) is 0 Å². The summed E-state index contributed by atoms with van der Waals surface area (Å²) in [7, 11) is 0. The zero-order valence-electron chi connectivity index (χ0n) is 15.2. The predicted molar refractivity (Wildman–Crippen MR) is 96.3 cm³/mol. The molecule has 0 aliphatic carbocycles. The molecule has 6 nitrogen and oxygen atoms in total. The van der Waals surface area contributed by atoms with Gasteiger partial charge in [0.2, 0.25) is 5.91 Å². The molecule has 26 heavy (non-hydrogen) atoms. The third-order valence-electron chi connectivity index (χ3n) is 6.02. The molecule has 138 valence electrons. The van der Waals surface area contributed by atoms with Gasteiger partial charge in [-0.05, 0) is 18.4 Å². The van der Waals surface area contributed by atoms with Crippen LogP contribution in [0.3, 0.4) is 0 Å². The smallest absolute Gasteiger partial charge is 0.312 e. The van der Waals surface area contributed by atoms with Gasteiger partial charge in [0.25, 0.3) is 0 Å². The van der Waals surface area contributed by atoms with Crippen LogP contribution in [-0.2, 0) is 19.8 Å². The van der Waals surface area contributed by atoms with Gasteiger partial charge in [-0.25, -0.2) is 0 Å². The van der Waals surface area contributed by atoms with Gasteiger partial charge in [0.05, 0.1) is 6.04 Å². The molecule has 3 aliphatic rings. The van der Waals surface area contributed by atoms with Crippen molar-refractivity contribution < 1.29 is 14.4 Å². The van der Waals surface area contributed by atoms with E-state index in [1.807, 2.05) is 23.1 Å². The topological polar surface area (TPSA) is 60.9 Å². The second kappa shape index (κ2) is 6.41. The van der Waals surface area contributed by atoms with Gasteiger partial charge in [0.15, 0.2) is 0 Å². The molecule has 1 atom stereocenters. The fraction of sp³-hybridized carbons (Fsp3) is 0.550. The number of rotatable bonds is 2. The molecule has 0 bridgehead atoms. The van der Waals surface area contributed by atoms with Crippen LogP contribution < -0.4 is 0 Å². The molecule has 3 fully saturated rings. The minimum atomic E-state index is -0.422. The lowest BCUT2D eigenvalue weighted by molar-refractivity contribution is -0.155. The molecule has 6 heteroatoms.